The minimum Gasteiger partial charge on any atom is -0.378 e. The van der Waals surface area contributed by atoms with E-state index in [2.05, 4.69) is 31.5 Å². The molecule has 0 amide bonds. The molecule has 1 aromatic carbocycles. The van der Waals surface area contributed by atoms with Gasteiger partial charge in [0.25, 0.3) is 0 Å². The number of pyridine rings is 2. The molecule has 0 spiro atoms. The number of piperazine rings is 1. The number of morpholine rings is 1. The second kappa shape index (κ2) is 8.88. The Kier molecular flexibility index (Phi) is 5.80. The maximum Gasteiger partial charge on any atom is 0.134 e. The molecule has 2 aromatic heterocycles. The Bertz CT molecular complexity index is 1130. The maximum atomic E-state index is 15.2. The van der Waals surface area contributed by atoms with Gasteiger partial charge in [0.15, 0.2) is 0 Å². The molecule has 5 rings (SSSR count). The van der Waals surface area contributed by atoms with E-state index in [0.717, 1.165) is 73.3 Å². The fourth-order valence-electron chi connectivity index (χ4n) is 4.53. The van der Waals surface area contributed by atoms with Gasteiger partial charge in [-0.2, -0.15) is 0 Å². The molecule has 0 unspecified atom stereocenters. The van der Waals surface area contributed by atoms with Crippen molar-refractivity contribution < 1.29 is 9.13 Å². The predicted molar refractivity (Wildman–Crippen MR) is 127 cm³/mol. The monoisotopic (exact) mass is 436 g/mol. The summed E-state index contributed by atoms with van der Waals surface area (Å²) in [6, 6.07) is 5.60. The lowest BCUT2D eigenvalue weighted by atomic mass is 10.1. The molecule has 168 valence electrons. The smallest absolute Gasteiger partial charge is 0.134 e. The van der Waals surface area contributed by atoms with E-state index in [1.54, 1.807) is 12.3 Å². The summed E-state index contributed by atoms with van der Waals surface area (Å²) >= 11 is 0. The standard InChI is InChI=1S/C24H29FN6O/c1-16-11-20(25)22-21(12-16)29-24(31-5-3-26-4-6-31)17(2)23(22)28-18-13-19(15-27-14-18)30-7-9-32-10-8-30/h11-15,26H,3-10H2,1-2H3,(H,28,29). The summed E-state index contributed by atoms with van der Waals surface area (Å²) in [6.07, 6.45) is 3.65. The van der Waals surface area contributed by atoms with Gasteiger partial charge in [-0.15, -0.1) is 0 Å². The minimum atomic E-state index is -0.262. The van der Waals surface area contributed by atoms with Crippen LogP contribution in [0.5, 0.6) is 0 Å². The number of hydrogen-bond acceptors (Lipinski definition) is 7. The van der Waals surface area contributed by atoms with Crippen LogP contribution in [0.15, 0.2) is 30.6 Å². The van der Waals surface area contributed by atoms with Gasteiger partial charge in [0.05, 0.1) is 53.6 Å². The molecule has 0 aliphatic carbocycles. The summed E-state index contributed by atoms with van der Waals surface area (Å²) in [7, 11) is 0. The summed E-state index contributed by atoms with van der Waals surface area (Å²) in [5.74, 6) is 0.644. The molecule has 2 aliphatic heterocycles. The molecule has 0 radical (unpaired) electrons. The molecule has 3 aromatic rings. The molecule has 2 fully saturated rings. The Morgan fingerprint density at radius 3 is 2.56 bits per heavy atom. The number of aryl methyl sites for hydroxylation is 1. The van der Waals surface area contributed by atoms with E-state index in [1.807, 2.05) is 26.1 Å². The molecule has 4 heterocycles. The number of benzene rings is 1. The number of rotatable bonds is 4. The highest BCUT2D eigenvalue weighted by Crippen LogP contribution is 2.37. The van der Waals surface area contributed by atoms with Crippen LogP contribution >= 0.6 is 0 Å². The fourth-order valence-corrected chi connectivity index (χ4v) is 4.53. The lowest BCUT2D eigenvalue weighted by Crippen LogP contribution is -2.44. The van der Waals surface area contributed by atoms with Crippen molar-refractivity contribution in [2.45, 2.75) is 13.8 Å². The third-order valence-corrected chi connectivity index (χ3v) is 6.19. The zero-order valence-electron chi connectivity index (χ0n) is 18.6. The number of hydrogen-bond donors (Lipinski definition) is 2. The van der Waals surface area contributed by atoms with Crippen LogP contribution in [-0.4, -0.2) is 62.5 Å². The number of ether oxygens (including phenoxy) is 1. The zero-order chi connectivity index (χ0) is 22.1. The summed E-state index contributed by atoms with van der Waals surface area (Å²) < 4.78 is 20.7. The van der Waals surface area contributed by atoms with Crippen LogP contribution in [0.4, 0.5) is 27.3 Å². The molecule has 0 atom stereocenters. The second-order valence-corrected chi connectivity index (χ2v) is 8.47. The van der Waals surface area contributed by atoms with Crippen LogP contribution in [0.1, 0.15) is 11.1 Å². The molecule has 2 N–H and O–H groups in total. The third-order valence-electron chi connectivity index (χ3n) is 6.19. The van der Waals surface area contributed by atoms with Gasteiger partial charge >= 0.3 is 0 Å². The number of nitrogens with one attached hydrogen (secondary N) is 2. The molecule has 2 aliphatic rings. The Morgan fingerprint density at radius 2 is 1.78 bits per heavy atom. The van der Waals surface area contributed by atoms with Gasteiger partial charge in [-0.05, 0) is 37.6 Å². The number of nitrogens with zero attached hydrogens (tertiary/aromatic N) is 4. The highest BCUT2D eigenvalue weighted by atomic mass is 19.1. The van der Waals surface area contributed by atoms with Crippen LogP contribution in [-0.2, 0) is 4.74 Å². The molecule has 0 saturated carbocycles. The van der Waals surface area contributed by atoms with Crippen molar-refractivity contribution in [2.24, 2.45) is 0 Å². The van der Waals surface area contributed by atoms with Gasteiger partial charge in [0.1, 0.15) is 11.6 Å². The van der Waals surface area contributed by atoms with E-state index in [4.69, 9.17) is 9.72 Å². The summed E-state index contributed by atoms with van der Waals surface area (Å²) in [5, 5.41) is 7.39. The molecule has 2 saturated heterocycles. The lowest BCUT2D eigenvalue weighted by Gasteiger charge is -2.31. The lowest BCUT2D eigenvalue weighted by molar-refractivity contribution is 0.122. The van der Waals surface area contributed by atoms with Crippen LogP contribution < -0.4 is 20.4 Å². The van der Waals surface area contributed by atoms with Crippen molar-refractivity contribution in [3.63, 3.8) is 0 Å². The zero-order valence-corrected chi connectivity index (χ0v) is 18.6. The fraction of sp³-hybridized carbons (Fsp3) is 0.417. The SMILES string of the molecule is Cc1cc(F)c2c(Nc3cncc(N4CCOCC4)c3)c(C)c(N3CCNCC3)nc2c1. The normalized spacial score (nSPS) is 17.1. The van der Waals surface area contributed by atoms with Crippen LogP contribution in [0.2, 0.25) is 0 Å². The second-order valence-electron chi connectivity index (χ2n) is 8.47. The largest absolute Gasteiger partial charge is 0.378 e. The summed E-state index contributed by atoms with van der Waals surface area (Å²) in [6.45, 7) is 10.6. The number of halogens is 1. The van der Waals surface area contributed by atoms with Crippen molar-refractivity contribution in [1.29, 1.82) is 0 Å². The molecular weight excluding hydrogens is 407 g/mol. The van der Waals surface area contributed by atoms with Gasteiger partial charge in [0, 0.05) is 44.8 Å². The van der Waals surface area contributed by atoms with Gasteiger partial charge in [-0.25, -0.2) is 9.37 Å². The Hall–Kier alpha value is -2.97. The van der Waals surface area contributed by atoms with Gasteiger partial charge in [-0.1, -0.05) is 0 Å². The van der Waals surface area contributed by atoms with E-state index in [9.17, 15) is 0 Å². The Morgan fingerprint density at radius 1 is 1.00 bits per heavy atom. The predicted octanol–water partition coefficient (Wildman–Crippen LogP) is 3.38. The average Bonchev–Trinajstić information content (AvgIpc) is 2.82. The number of anilines is 4. The first-order valence-corrected chi connectivity index (χ1v) is 11.2. The average molecular weight is 437 g/mol. The van der Waals surface area contributed by atoms with Crippen molar-refractivity contribution in [3.8, 4) is 0 Å². The van der Waals surface area contributed by atoms with Crippen LogP contribution in [0.3, 0.4) is 0 Å². The van der Waals surface area contributed by atoms with E-state index in [1.165, 1.54) is 0 Å². The maximum absolute atomic E-state index is 15.2. The molecule has 0 bridgehead atoms. The topological polar surface area (TPSA) is 65.6 Å². The summed E-state index contributed by atoms with van der Waals surface area (Å²) in [5.41, 5.74) is 5.09. The third kappa shape index (κ3) is 4.08. The first-order chi connectivity index (χ1) is 15.6. The summed E-state index contributed by atoms with van der Waals surface area (Å²) in [4.78, 5) is 13.9. The molecule has 7 nitrogen and oxygen atoms in total. The van der Waals surface area contributed by atoms with E-state index < -0.39 is 0 Å². The van der Waals surface area contributed by atoms with E-state index >= 15 is 4.39 Å². The number of fused-ring (bicyclic) bond motifs is 1. The van der Waals surface area contributed by atoms with Crippen molar-refractivity contribution in [1.82, 2.24) is 15.3 Å². The minimum absolute atomic E-state index is 0.262. The Labute approximate surface area is 187 Å². The van der Waals surface area contributed by atoms with Crippen LogP contribution in [0.25, 0.3) is 10.9 Å². The van der Waals surface area contributed by atoms with Gasteiger partial charge in [0.2, 0.25) is 0 Å². The molecule has 8 heteroatoms. The number of aromatic nitrogens is 2. The van der Waals surface area contributed by atoms with Crippen molar-refractivity contribution >= 4 is 33.8 Å². The highest BCUT2D eigenvalue weighted by Gasteiger charge is 2.21. The van der Waals surface area contributed by atoms with Gasteiger partial charge in [-0.3, -0.25) is 4.98 Å². The molecule has 32 heavy (non-hydrogen) atoms. The van der Waals surface area contributed by atoms with Gasteiger partial charge < -0.3 is 25.2 Å². The van der Waals surface area contributed by atoms with Crippen molar-refractivity contribution in [2.75, 3.05) is 67.6 Å². The van der Waals surface area contributed by atoms with E-state index in [-0.39, 0.29) is 5.82 Å². The first-order valence-electron chi connectivity index (χ1n) is 11.2. The van der Waals surface area contributed by atoms with Crippen molar-refractivity contribution in [3.05, 3.63) is 47.5 Å². The van der Waals surface area contributed by atoms with E-state index in [0.29, 0.717) is 24.1 Å². The highest BCUT2D eigenvalue weighted by molar-refractivity contribution is 5.98. The first kappa shape index (κ1) is 20.9. The Balaban J connectivity index is 1.58. The van der Waals surface area contributed by atoms with Crippen LogP contribution in [0, 0.1) is 19.7 Å². The quantitative estimate of drug-likeness (QED) is 0.650. The molecular formula is C24H29FN6O.